The van der Waals surface area contributed by atoms with Gasteiger partial charge in [0, 0.05) is 0 Å². The molecule has 0 amide bonds. The zero-order valence-corrected chi connectivity index (χ0v) is 8.91. The van der Waals surface area contributed by atoms with E-state index in [2.05, 4.69) is 0 Å². The molecular formula is C7H11AsO4. The normalized spacial score (nSPS) is 34.9. The van der Waals surface area contributed by atoms with Crippen LogP contribution in [0, 0.1) is 5.92 Å². The number of carboxylic acids is 2. The number of hydrogen-bond acceptors (Lipinski definition) is 2. The van der Waals surface area contributed by atoms with Crippen molar-refractivity contribution in [1.29, 1.82) is 0 Å². The molecule has 1 saturated carbocycles. The van der Waals surface area contributed by atoms with E-state index < -0.39 is 22.1 Å². The first-order valence-electron chi connectivity index (χ1n) is 3.71. The summed E-state index contributed by atoms with van der Waals surface area (Å²) < 4.78 is -0.754. The van der Waals surface area contributed by atoms with Crippen LogP contribution in [-0.2, 0) is 9.59 Å². The van der Waals surface area contributed by atoms with Crippen LogP contribution in [0.3, 0.4) is 0 Å². The van der Waals surface area contributed by atoms with E-state index in [-0.39, 0.29) is 6.42 Å². The van der Waals surface area contributed by atoms with Crippen LogP contribution >= 0.6 is 0 Å². The van der Waals surface area contributed by atoms with Crippen LogP contribution < -0.4 is 0 Å². The maximum atomic E-state index is 10.7. The summed E-state index contributed by atoms with van der Waals surface area (Å²) in [4.78, 5) is 21.2. The third-order valence-corrected chi connectivity index (χ3v) is 3.94. The molecule has 2 N–H and O–H groups in total. The van der Waals surface area contributed by atoms with Crippen molar-refractivity contribution in [3.05, 3.63) is 0 Å². The molecule has 4 nitrogen and oxygen atoms in total. The van der Waals surface area contributed by atoms with Crippen molar-refractivity contribution in [3.63, 3.8) is 0 Å². The molecule has 0 aromatic rings. The average Bonchev–Trinajstić information content (AvgIpc) is 2.33. The molecule has 0 heterocycles. The van der Waals surface area contributed by atoms with E-state index in [9.17, 15) is 9.59 Å². The average molecular weight is 234 g/mol. The Labute approximate surface area is 78.5 Å². The summed E-state index contributed by atoms with van der Waals surface area (Å²) in [5.74, 6) is -2.17. The van der Waals surface area contributed by atoms with Crippen molar-refractivity contribution < 1.29 is 19.8 Å². The molecule has 3 atom stereocenters. The second-order valence-electron chi connectivity index (χ2n) is 3.24. The van der Waals surface area contributed by atoms with E-state index in [1.54, 1.807) is 0 Å². The fraction of sp³-hybridized carbons (Fsp3) is 0.714. The predicted molar refractivity (Wildman–Crippen MR) is 43.8 cm³/mol. The fourth-order valence-corrected chi connectivity index (χ4v) is 2.43. The topological polar surface area (TPSA) is 74.6 Å². The van der Waals surface area contributed by atoms with Gasteiger partial charge in [0.2, 0.25) is 0 Å². The molecule has 0 saturated heterocycles. The van der Waals surface area contributed by atoms with E-state index >= 15 is 0 Å². The standard InChI is InChI=1S/C7H11AsO4/c8-7(6(11)12)2-1-4(3-7)5(9)10/h4H,1-3,8H2,(H,9,10)(H,11,12). The Hall–Kier alpha value is -0.502. The number of carboxylic acid groups (broad SMARTS) is 2. The molecule has 68 valence electrons. The van der Waals surface area contributed by atoms with E-state index in [1.807, 2.05) is 0 Å². The summed E-state index contributed by atoms with van der Waals surface area (Å²) in [6, 6.07) is 0. The molecule has 1 rings (SSSR count). The van der Waals surface area contributed by atoms with E-state index in [1.165, 1.54) is 0 Å². The molecule has 1 fully saturated rings. The van der Waals surface area contributed by atoms with E-state index in [0.29, 0.717) is 12.8 Å². The predicted octanol–water partition coefficient (Wildman–Crippen LogP) is -0.253. The fourth-order valence-electron chi connectivity index (χ4n) is 1.48. The van der Waals surface area contributed by atoms with Gasteiger partial charge in [-0.1, -0.05) is 0 Å². The van der Waals surface area contributed by atoms with Crippen molar-refractivity contribution >= 4 is 28.8 Å². The van der Waals surface area contributed by atoms with Gasteiger partial charge in [0.1, 0.15) is 0 Å². The van der Waals surface area contributed by atoms with Gasteiger partial charge in [-0.2, -0.15) is 0 Å². The molecule has 0 spiro atoms. The first kappa shape index (κ1) is 9.59. The van der Waals surface area contributed by atoms with Crippen molar-refractivity contribution in [3.8, 4) is 0 Å². The van der Waals surface area contributed by atoms with Gasteiger partial charge in [0.25, 0.3) is 0 Å². The van der Waals surface area contributed by atoms with Gasteiger partial charge < -0.3 is 0 Å². The van der Waals surface area contributed by atoms with Crippen LogP contribution in [0.5, 0.6) is 0 Å². The zero-order chi connectivity index (χ0) is 9.35. The molecule has 1 aliphatic carbocycles. The van der Waals surface area contributed by atoms with Gasteiger partial charge in [0.05, 0.1) is 0 Å². The van der Waals surface area contributed by atoms with Gasteiger partial charge in [-0.05, 0) is 0 Å². The number of rotatable bonds is 2. The summed E-state index contributed by atoms with van der Waals surface area (Å²) in [6.45, 7) is 0. The third kappa shape index (κ3) is 1.63. The number of hydrogen-bond donors (Lipinski definition) is 2. The van der Waals surface area contributed by atoms with Crippen LogP contribution in [0.1, 0.15) is 19.3 Å². The van der Waals surface area contributed by atoms with Crippen LogP contribution in [0.4, 0.5) is 0 Å². The zero-order valence-electron chi connectivity index (χ0n) is 6.49. The van der Waals surface area contributed by atoms with Gasteiger partial charge in [-0.25, -0.2) is 0 Å². The van der Waals surface area contributed by atoms with Crippen LogP contribution in [0.25, 0.3) is 0 Å². The first-order chi connectivity index (χ1) is 5.46. The molecular weight excluding hydrogens is 223 g/mol. The van der Waals surface area contributed by atoms with Crippen LogP contribution in [0.15, 0.2) is 0 Å². The number of aliphatic carboxylic acids is 2. The first-order valence-corrected chi connectivity index (χ1v) is 4.92. The number of carbonyl (C=O) groups is 2. The second kappa shape index (κ2) is 3.09. The molecule has 0 aliphatic heterocycles. The van der Waals surface area contributed by atoms with Gasteiger partial charge in [0.15, 0.2) is 0 Å². The molecule has 0 radical (unpaired) electrons. The summed E-state index contributed by atoms with van der Waals surface area (Å²) >= 11 is 1.13. The molecule has 12 heavy (non-hydrogen) atoms. The second-order valence-corrected chi connectivity index (χ2v) is 5.56. The third-order valence-electron chi connectivity index (χ3n) is 2.32. The Morgan fingerprint density at radius 3 is 2.25 bits per heavy atom. The summed E-state index contributed by atoms with van der Waals surface area (Å²) in [5.41, 5.74) is 0. The summed E-state index contributed by atoms with van der Waals surface area (Å²) in [5, 5.41) is 17.4. The van der Waals surface area contributed by atoms with Crippen LogP contribution in [-0.4, -0.2) is 39.0 Å². The Bertz CT molecular complexity index is 227. The van der Waals surface area contributed by atoms with Gasteiger partial charge >= 0.3 is 78.0 Å². The van der Waals surface area contributed by atoms with Crippen molar-refractivity contribution in [2.24, 2.45) is 5.92 Å². The Kier molecular flexibility index (Phi) is 2.47. The minimum absolute atomic E-state index is 0.289. The van der Waals surface area contributed by atoms with Crippen molar-refractivity contribution in [1.82, 2.24) is 0 Å². The molecule has 0 bridgehead atoms. The maximum absolute atomic E-state index is 10.7. The van der Waals surface area contributed by atoms with Crippen molar-refractivity contribution in [2.45, 2.75) is 23.5 Å². The monoisotopic (exact) mass is 234 g/mol. The van der Waals surface area contributed by atoms with Gasteiger partial charge in [-0.3, -0.25) is 0 Å². The molecule has 1 aliphatic rings. The minimum atomic E-state index is -0.865. The Balaban J connectivity index is 2.67. The molecule has 0 aromatic heterocycles. The van der Waals surface area contributed by atoms with E-state index in [4.69, 9.17) is 10.2 Å². The molecule has 0 aromatic carbocycles. The quantitative estimate of drug-likeness (QED) is 0.646. The summed E-state index contributed by atoms with van der Waals surface area (Å²) in [7, 11) is 0. The van der Waals surface area contributed by atoms with Crippen LogP contribution in [0.2, 0.25) is 4.20 Å². The summed E-state index contributed by atoms with van der Waals surface area (Å²) in [6.07, 6.45) is 1.29. The Morgan fingerprint density at radius 1 is 1.42 bits per heavy atom. The van der Waals surface area contributed by atoms with Gasteiger partial charge in [-0.15, -0.1) is 0 Å². The molecule has 5 heteroatoms. The van der Waals surface area contributed by atoms with E-state index in [0.717, 1.165) is 16.9 Å². The van der Waals surface area contributed by atoms with Crippen molar-refractivity contribution in [2.75, 3.05) is 0 Å². The molecule has 3 unspecified atom stereocenters. The SMILES string of the molecule is O=C(O)C1CCC([AsH2])(C(=O)O)C1. The Morgan fingerprint density at radius 2 is 2.00 bits per heavy atom.